The van der Waals surface area contributed by atoms with Gasteiger partial charge in [-0.3, -0.25) is 4.98 Å². The molecule has 5 heteroatoms. The monoisotopic (exact) mass is 412 g/mol. The van der Waals surface area contributed by atoms with E-state index in [4.69, 9.17) is 10.7 Å². The fraction of sp³-hybridized carbons (Fsp3) is 0.154. The average molecular weight is 413 g/mol. The number of benzene rings is 2. The summed E-state index contributed by atoms with van der Waals surface area (Å²) in [5, 5.41) is 3.43. The van der Waals surface area contributed by atoms with Gasteiger partial charge in [0.25, 0.3) is 0 Å². The number of aromatic nitrogens is 2. The Kier molecular flexibility index (Phi) is 6.34. The summed E-state index contributed by atoms with van der Waals surface area (Å²) in [6.07, 6.45) is 3.49. The Balaban J connectivity index is 1.58. The lowest BCUT2D eigenvalue weighted by molar-refractivity contribution is 0.493. The van der Waals surface area contributed by atoms with E-state index in [1.54, 1.807) is 24.5 Å². The van der Waals surface area contributed by atoms with E-state index in [1.807, 2.05) is 42.5 Å². The first-order valence-corrected chi connectivity index (χ1v) is 10.3. The van der Waals surface area contributed by atoms with E-state index < -0.39 is 0 Å². The second kappa shape index (κ2) is 9.49. The zero-order chi connectivity index (χ0) is 21.6. The number of pyridine rings is 2. The van der Waals surface area contributed by atoms with Gasteiger partial charge in [-0.1, -0.05) is 49.4 Å². The third-order valence-electron chi connectivity index (χ3n) is 5.41. The summed E-state index contributed by atoms with van der Waals surface area (Å²) >= 11 is 0. The molecule has 0 spiro atoms. The topological polar surface area (TPSA) is 63.8 Å². The molecule has 4 aromatic rings. The lowest BCUT2D eigenvalue weighted by Crippen LogP contribution is -2.25. The molecule has 0 unspecified atom stereocenters. The van der Waals surface area contributed by atoms with E-state index in [0.717, 1.165) is 33.8 Å². The van der Waals surface area contributed by atoms with Gasteiger partial charge < -0.3 is 11.1 Å². The maximum absolute atomic E-state index is 13.4. The number of anilines is 1. The van der Waals surface area contributed by atoms with Gasteiger partial charge in [0.1, 0.15) is 11.6 Å². The fourth-order valence-corrected chi connectivity index (χ4v) is 3.55. The van der Waals surface area contributed by atoms with Crippen LogP contribution in [0.3, 0.4) is 0 Å². The Morgan fingerprint density at radius 2 is 1.58 bits per heavy atom. The summed E-state index contributed by atoms with van der Waals surface area (Å²) in [4.78, 5) is 8.98. The Hall–Kier alpha value is -3.57. The molecule has 3 N–H and O–H groups in total. The SMILES string of the molecule is C[C@H](CNc1ccc(-c2ccc(F)cc2)c(-c2ccncc2)n1)[C@H](N)c1ccccc1. The van der Waals surface area contributed by atoms with Crippen LogP contribution in [0, 0.1) is 11.7 Å². The molecule has 0 radical (unpaired) electrons. The minimum atomic E-state index is -0.260. The van der Waals surface area contributed by atoms with Crippen LogP contribution >= 0.6 is 0 Å². The smallest absolute Gasteiger partial charge is 0.126 e. The van der Waals surface area contributed by atoms with Crippen LogP contribution in [-0.2, 0) is 0 Å². The molecule has 4 nitrogen and oxygen atoms in total. The maximum Gasteiger partial charge on any atom is 0.126 e. The van der Waals surface area contributed by atoms with E-state index in [9.17, 15) is 4.39 Å². The number of nitrogens with two attached hydrogens (primary N) is 1. The molecule has 31 heavy (non-hydrogen) atoms. The molecule has 0 aliphatic carbocycles. The van der Waals surface area contributed by atoms with Gasteiger partial charge in [0.05, 0.1) is 5.69 Å². The molecule has 2 aromatic carbocycles. The molecular weight excluding hydrogens is 387 g/mol. The lowest BCUT2D eigenvalue weighted by Gasteiger charge is -2.21. The number of nitrogens with one attached hydrogen (secondary N) is 1. The summed E-state index contributed by atoms with van der Waals surface area (Å²) in [6, 6.07) is 24.3. The zero-order valence-electron chi connectivity index (χ0n) is 17.4. The second-order valence-electron chi connectivity index (χ2n) is 7.63. The molecule has 0 aliphatic rings. The quantitative estimate of drug-likeness (QED) is 0.409. The molecule has 0 saturated carbocycles. The minimum absolute atomic E-state index is 0.0631. The molecule has 2 heterocycles. The highest BCUT2D eigenvalue weighted by atomic mass is 19.1. The van der Waals surface area contributed by atoms with Crippen molar-refractivity contribution in [3.05, 3.63) is 103 Å². The van der Waals surface area contributed by atoms with Gasteiger partial charge in [-0.05, 0) is 53.4 Å². The Bertz CT molecular complexity index is 1120. The first-order chi connectivity index (χ1) is 15.1. The molecular formula is C26H25FN4. The van der Waals surface area contributed by atoms with E-state index >= 15 is 0 Å². The van der Waals surface area contributed by atoms with E-state index in [-0.39, 0.29) is 17.8 Å². The Labute approximate surface area is 182 Å². The molecule has 0 bridgehead atoms. The van der Waals surface area contributed by atoms with Crippen LogP contribution in [0.15, 0.2) is 91.3 Å². The van der Waals surface area contributed by atoms with Crippen molar-refractivity contribution in [2.75, 3.05) is 11.9 Å². The summed E-state index contributed by atoms with van der Waals surface area (Å²) in [5.41, 5.74) is 11.2. The number of hydrogen-bond acceptors (Lipinski definition) is 4. The van der Waals surface area contributed by atoms with Gasteiger partial charge in [-0.15, -0.1) is 0 Å². The summed E-state index contributed by atoms with van der Waals surface area (Å²) in [7, 11) is 0. The van der Waals surface area contributed by atoms with Crippen molar-refractivity contribution in [1.29, 1.82) is 0 Å². The molecule has 156 valence electrons. The van der Waals surface area contributed by atoms with E-state index in [0.29, 0.717) is 6.54 Å². The van der Waals surface area contributed by atoms with Crippen LogP contribution in [0.1, 0.15) is 18.5 Å². The summed E-state index contributed by atoms with van der Waals surface area (Å²) in [5.74, 6) is 0.722. The molecule has 2 atom stereocenters. The van der Waals surface area contributed by atoms with Crippen LogP contribution in [0.5, 0.6) is 0 Å². The van der Waals surface area contributed by atoms with Crippen LogP contribution in [0.2, 0.25) is 0 Å². The molecule has 2 aromatic heterocycles. The zero-order valence-corrected chi connectivity index (χ0v) is 17.4. The van der Waals surface area contributed by atoms with E-state index in [1.165, 1.54) is 12.1 Å². The van der Waals surface area contributed by atoms with Crippen molar-refractivity contribution in [2.24, 2.45) is 11.7 Å². The average Bonchev–Trinajstić information content (AvgIpc) is 2.83. The minimum Gasteiger partial charge on any atom is -0.370 e. The van der Waals surface area contributed by atoms with Gasteiger partial charge in [0, 0.05) is 36.1 Å². The van der Waals surface area contributed by atoms with Crippen molar-refractivity contribution in [1.82, 2.24) is 9.97 Å². The summed E-state index contributed by atoms with van der Waals surface area (Å²) in [6.45, 7) is 2.82. The predicted octanol–water partition coefficient (Wildman–Crippen LogP) is 5.70. The van der Waals surface area contributed by atoms with Crippen molar-refractivity contribution < 1.29 is 4.39 Å². The highest BCUT2D eigenvalue weighted by Crippen LogP contribution is 2.32. The maximum atomic E-state index is 13.4. The number of nitrogens with zero attached hydrogens (tertiary/aromatic N) is 2. The van der Waals surface area contributed by atoms with Gasteiger partial charge >= 0.3 is 0 Å². The third-order valence-corrected chi connectivity index (χ3v) is 5.41. The van der Waals surface area contributed by atoms with Crippen molar-refractivity contribution >= 4 is 5.82 Å². The standard InChI is InChI=1S/C26H25FN4/c1-18(25(28)20-5-3-2-4-6-20)17-30-24-12-11-23(19-7-9-22(27)10-8-19)26(31-24)21-13-15-29-16-14-21/h2-16,18,25H,17,28H2,1H3,(H,30,31)/t18-,25+/m1/s1. The third kappa shape index (κ3) is 4.95. The largest absolute Gasteiger partial charge is 0.370 e. The number of hydrogen-bond donors (Lipinski definition) is 2. The lowest BCUT2D eigenvalue weighted by atomic mass is 9.95. The Morgan fingerprint density at radius 3 is 2.29 bits per heavy atom. The van der Waals surface area contributed by atoms with Gasteiger partial charge in [-0.2, -0.15) is 0 Å². The van der Waals surface area contributed by atoms with Crippen LogP contribution in [0.4, 0.5) is 10.2 Å². The molecule has 0 aliphatic heterocycles. The molecule has 0 amide bonds. The molecule has 0 fully saturated rings. The molecule has 4 rings (SSSR count). The fourth-order valence-electron chi connectivity index (χ4n) is 3.55. The van der Waals surface area contributed by atoms with Crippen LogP contribution in [-0.4, -0.2) is 16.5 Å². The van der Waals surface area contributed by atoms with Crippen molar-refractivity contribution in [3.63, 3.8) is 0 Å². The predicted molar refractivity (Wildman–Crippen MR) is 124 cm³/mol. The van der Waals surface area contributed by atoms with Gasteiger partial charge in [0.15, 0.2) is 0 Å². The van der Waals surface area contributed by atoms with Crippen molar-refractivity contribution in [3.8, 4) is 22.4 Å². The summed E-state index contributed by atoms with van der Waals surface area (Å²) < 4.78 is 13.4. The highest BCUT2D eigenvalue weighted by molar-refractivity contribution is 5.81. The number of halogens is 1. The van der Waals surface area contributed by atoms with Gasteiger partial charge in [-0.25, -0.2) is 9.37 Å². The molecule has 0 saturated heterocycles. The highest BCUT2D eigenvalue weighted by Gasteiger charge is 2.16. The number of rotatable bonds is 7. The normalized spacial score (nSPS) is 12.9. The first-order valence-electron chi connectivity index (χ1n) is 10.3. The van der Waals surface area contributed by atoms with Gasteiger partial charge in [0.2, 0.25) is 0 Å². The van der Waals surface area contributed by atoms with Crippen LogP contribution < -0.4 is 11.1 Å². The van der Waals surface area contributed by atoms with Crippen molar-refractivity contribution in [2.45, 2.75) is 13.0 Å². The van der Waals surface area contributed by atoms with Crippen LogP contribution in [0.25, 0.3) is 22.4 Å². The Morgan fingerprint density at radius 1 is 0.871 bits per heavy atom. The first kappa shape index (κ1) is 20.7. The second-order valence-corrected chi connectivity index (χ2v) is 7.63. The van der Waals surface area contributed by atoms with E-state index in [2.05, 4.69) is 29.4 Å².